The van der Waals surface area contributed by atoms with Crippen molar-refractivity contribution in [3.05, 3.63) is 17.2 Å². The van der Waals surface area contributed by atoms with Gasteiger partial charge in [-0.3, -0.25) is 0 Å². The van der Waals surface area contributed by atoms with Gasteiger partial charge in [0.25, 0.3) is 0 Å². The summed E-state index contributed by atoms with van der Waals surface area (Å²) < 4.78 is 10.4. The van der Waals surface area contributed by atoms with Crippen LogP contribution in [0, 0.1) is 5.92 Å². The Morgan fingerprint density at radius 2 is 1.86 bits per heavy atom. The van der Waals surface area contributed by atoms with Crippen molar-refractivity contribution >= 4 is 23.3 Å². The molecule has 0 aromatic heterocycles. The standard InChI is InChI=1S/C16H23ClN2O3/c1-10-6-4-5-7-12(10)18-16(20)19-13-8-11(17)14(21-2)9-15(13)22-3/h8-10,12H,4-7H2,1-3H3,(H2,18,19,20). The van der Waals surface area contributed by atoms with Gasteiger partial charge in [-0.05, 0) is 24.8 Å². The van der Waals surface area contributed by atoms with E-state index in [1.54, 1.807) is 12.1 Å². The third-order valence-electron chi connectivity index (χ3n) is 4.15. The van der Waals surface area contributed by atoms with Crippen LogP contribution < -0.4 is 20.1 Å². The minimum absolute atomic E-state index is 0.216. The Bertz CT molecular complexity index is 536. The number of methoxy groups -OCH3 is 2. The summed E-state index contributed by atoms with van der Waals surface area (Å²) in [6, 6.07) is 3.26. The van der Waals surface area contributed by atoms with E-state index in [2.05, 4.69) is 17.6 Å². The lowest BCUT2D eigenvalue weighted by Crippen LogP contribution is -2.43. The molecule has 0 heterocycles. The van der Waals surface area contributed by atoms with Crippen molar-refractivity contribution < 1.29 is 14.3 Å². The van der Waals surface area contributed by atoms with Crippen LogP contribution in [0.5, 0.6) is 11.5 Å². The lowest BCUT2D eigenvalue weighted by molar-refractivity contribution is 0.232. The number of hydrogen-bond acceptors (Lipinski definition) is 3. The normalized spacial score (nSPS) is 21.1. The van der Waals surface area contributed by atoms with Crippen LogP contribution in [0.2, 0.25) is 5.02 Å². The van der Waals surface area contributed by atoms with E-state index < -0.39 is 0 Å². The third-order valence-corrected chi connectivity index (χ3v) is 4.45. The van der Waals surface area contributed by atoms with Gasteiger partial charge in [0, 0.05) is 12.1 Å². The fourth-order valence-electron chi connectivity index (χ4n) is 2.82. The Morgan fingerprint density at radius 3 is 2.50 bits per heavy atom. The van der Waals surface area contributed by atoms with Gasteiger partial charge in [0.2, 0.25) is 0 Å². The van der Waals surface area contributed by atoms with Crippen LogP contribution >= 0.6 is 11.6 Å². The molecule has 0 aliphatic heterocycles. The van der Waals surface area contributed by atoms with Crippen LogP contribution in [0.15, 0.2) is 12.1 Å². The number of carbonyl (C=O) groups excluding carboxylic acids is 1. The maximum Gasteiger partial charge on any atom is 0.319 e. The third kappa shape index (κ3) is 3.97. The van der Waals surface area contributed by atoms with Gasteiger partial charge in [-0.25, -0.2) is 4.79 Å². The number of amides is 2. The van der Waals surface area contributed by atoms with Crippen molar-refractivity contribution in [3.63, 3.8) is 0 Å². The Balaban J connectivity index is 2.06. The highest BCUT2D eigenvalue weighted by atomic mass is 35.5. The number of benzene rings is 1. The van der Waals surface area contributed by atoms with Crippen molar-refractivity contribution in [1.82, 2.24) is 5.32 Å². The van der Waals surface area contributed by atoms with E-state index >= 15 is 0 Å². The predicted octanol–water partition coefficient (Wildman–Crippen LogP) is 4.06. The molecule has 0 saturated heterocycles. The van der Waals surface area contributed by atoms with E-state index in [4.69, 9.17) is 21.1 Å². The molecule has 22 heavy (non-hydrogen) atoms. The molecule has 122 valence electrons. The van der Waals surface area contributed by atoms with Gasteiger partial charge in [0.15, 0.2) is 0 Å². The Morgan fingerprint density at radius 1 is 1.18 bits per heavy atom. The molecule has 2 atom stereocenters. The van der Waals surface area contributed by atoms with Gasteiger partial charge in [-0.15, -0.1) is 0 Å². The van der Waals surface area contributed by atoms with Crippen molar-refractivity contribution in [2.24, 2.45) is 5.92 Å². The number of hydrogen-bond donors (Lipinski definition) is 2. The average Bonchev–Trinajstić information content (AvgIpc) is 2.50. The molecule has 1 aromatic rings. The van der Waals surface area contributed by atoms with E-state index in [0.29, 0.717) is 28.1 Å². The van der Waals surface area contributed by atoms with Crippen molar-refractivity contribution in [2.45, 2.75) is 38.6 Å². The smallest absolute Gasteiger partial charge is 0.319 e. The summed E-state index contributed by atoms with van der Waals surface area (Å²) in [5.41, 5.74) is 0.522. The zero-order valence-electron chi connectivity index (χ0n) is 13.2. The molecule has 1 aliphatic rings. The van der Waals surface area contributed by atoms with Crippen LogP contribution in [0.1, 0.15) is 32.6 Å². The fourth-order valence-corrected chi connectivity index (χ4v) is 3.06. The summed E-state index contributed by atoms with van der Waals surface area (Å²) in [5.74, 6) is 1.51. The summed E-state index contributed by atoms with van der Waals surface area (Å²) in [7, 11) is 3.07. The van der Waals surface area contributed by atoms with E-state index in [0.717, 1.165) is 19.3 Å². The van der Waals surface area contributed by atoms with Gasteiger partial charge in [-0.1, -0.05) is 31.4 Å². The zero-order chi connectivity index (χ0) is 16.1. The van der Waals surface area contributed by atoms with E-state index in [1.165, 1.54) is 20.6 Å². The summed E-state index contributed by atoms with van der Waals surface area (Å²) in [6.07, 6.45) is 4.58. The highest BCUT2D eigenvalue weighted by molar-refractivity contribution is 6.32. The Kier molecular flexibility index (Phi) is 5.77. The fraction of sp³-hybridized carbons (Fsp3) is 0.562. The Hall–Kier alpha value is -1.62. The number of halogens is 1. The molecule has 1 aliphatic carbocycles. The van der Waals surface area contributed by atoms with E-state index in [9.17, 15) is 4.79 Å². The molecule has 2 N–H and O–H groups in total. The molecule has 0 spiro atoms. The topological polar surface area (TPSA) is 59.6 Å². The first-order chi connectivity index (χ1) is 10.5. The second-order valence-electron chi connectivity index (χ2n) is 5.65. The SMILES string of the molecule is COc1cc(OC)c(NC(=O)NC2CCCCC2C)cc1Cl. The summed E-state index contributed by atoms with van der Waals surface area (Å²) >= 11 is 6.10. The van der Waals surface area contributed by atoms with Crippen LogP contribution in [0.3, 0.4) is 0 Å². The second-order valence-corrected chi connectivity index (χ2v) is 6.06. The molecule has 2 unspecified atom stereocenters. The summed E-state index contributed by atoms with van der Waals surface area (Å²) in [4.78, 5) is 12.2. The average molecular weight is 327 g/mol. The largest absolute Gasteiger partial charge is 0.495 e. The molecular weight excluding hydrogens is 304 g/mol. The number of ether oxygens (including phenoxy) is 2. The lowest BCUT2D eigenvalue weighted by Gasteiger charge is -2.29. The molecule has 0 radical (unpaired) electrons. The quantitative estimate of drug-likeness (QED) is 0.877. The number of urea groups is 1. The monoisotopic (exact) mass is 326 g/mol. The van der Waals surface area contributed by atoms with Gasteiger partial charge in [0.1, 0.15) is 11.5 Å². The van der Waals surface area contributed by atoms with Crippen LogP contribution in [-0.4, -0.2) is 26.3 Å². The zero-order valence-corrected chi connectivity index (χ0v) is 14.0. The number of carbonyl (C=O) groups is 1. The van der Waals surface area contributed by atoms with Crippen LogP contribution in [-0.2, 0) is 0 Å². The minimum Gasteiger partial charge on any atom is -0.495 e. The van der Waals surface area contributed by atoms with Gasteiger partial charge in [-0.2, -0.15) is 0 Å². The first kappa shape index (κ1) is 16.7. The van der Waals surface area contributed by atoms with Crippen molar-refractivity contribution in [2.75, 3.05) is 19.5 Å². The molecule has 1 saturated carbocycles. The molecule has 1 aromatic carbocycles. The second kappa shape index (κ2) is 7.58. The van der Waals surface area contributed by atoms with Crippen LogP contribution in [0.4, 0.5) is 10.5 Å². The first-order valence-corrected chi connectivity index (χ1v) is 7.92. The molecule has 5 nitrogen and oxygen atoms in total. The van der Waals surface area contributed by atoms with E-state index in [1.807, 2.05) is 0 Å². The van der Waals surface area contributed by atoms with Gasteiger partial charge < -0.3 is 20.1 Å². The minimum atomic E-state index is -0.238. The Labute approximate surface area is 136 Å². The summed E-state index contributed by atoms with van der Waals surface area (Å²) in [6.45, 7) is 2.18. The van der Waals surface area contributed by atoms with Crippen molar-refractivity contribution in [1.29, 1.82) is 0 Å². The highest BCUT2D eigenvalue weighted by Gasteiger charge is 2.23. The maximum atomic E-state index is 12.2. The van der Waals surface area contributed by atoms with Gasteiger partial charge in [0.05, 0.1) is 24.9 Å². The van der Waals surface area contributed by atoms with Gasteiger partial charge >= 0.3 is 6.03 Å². The van der Waals surface area contributed by atoms with E-state index in [-0.39, 0.29) is 12.1 Å². The molecule has 2 amide bonds. The molecular formula is C16H23ClN2O3. The molecule has 1 fully saturated rings. The lowest BCUT2D eigenvalue weighted by atomic mass is 9.86. The first-order valence-electron chi connectivity index (χ1n) is 7.54. The van der Waals surface area contributed by atoms with Crippen LogP contribution in [0.25, 0.3) is 0 Å². The number of anilines is 1. The molecule has 0 bridgehead atoms. The van der Waals surface area contributed by atoms with Crippen molar-refractivity contribution in [3.8, 4) is 11.5 Å². The molecule has 2 rings (SSSR count). The summed E-state index contributed by atoms with van der Waals surface area (Å²) in [5, 5.41) is 6.26. The predicted molar refractivity (Wildman–Crippen MR) is 88.1 cm³/mol. The highest BCUT2D eigenvalue weighted by Crippen LogP contribution is 2.35. The maximum absolute atomic E-state index is 12.2. The number of rotatable bonds is 4. The molecule has 6 heteroatoms. The number of nitrogens with one attached hydrogen (secondary N) is 2.